The number of aliphatic imine (C=N–C) groups is 1. The molecular weight excluding hydrogens is 506 g/mol. The number of hydrogen-bond donors (Lipinski definition) is 2. The quantitative estimate of drug-likeness (QED) is 0.306. The van der Waals surface area contributed by atoms with Crippen LogP contribution in [-0.4, -0.2) is 68.2 Å². The van der Waals surface area contributed by atoms with Crippen molar-refractivity contribution < 1.29 is 4.39 Å². The van der Waals surface area contributed by atoms with E-state index in [1.54, 1.807) is 12.3 Å². The van der Waals surface area contributed by atoms with E-state index in [-0.39, 0.29) is 35.8 Å². The Morgan fingerprint density at radius 3 is 2.71 bits per heavy atom. The molecule has 2 aromatic rings. The molecule has 1 aliphatic rings. The van der Waals surface area contributed by atoms with E-state index in [4.69, 9.17) is 4.99 Å². The van der Waals surface area contributed by atoms with E-state index < -0.39 is 0 Å². The van der Waals surface area contributed by atoms with Crippen LogP contribution in [0.5, 0.6) is 0 Å². The van der Waals surface area contributed by atoms with Crippen LogP contribution in [0.4, 0.5) is 10.2 Å². The van der Waals surface area contributed by atoms with Crippen LogP contribution in [0.25, 0.3) is 0 Å². The first-order valence-corrected chi connectivity index (χ1v) is 10.7. The highest BCUT2D eigenvalue weighted by Crippen LogP contribution is 2.20. The van der Waals surface area contributed by atoms with Crippen LogP contribution >= 0.6 is 24.0 Å². The Morgan fingerprint density at radius 1 is 1.26 bits per heavy atom. The van der Waals surface area contributed by atoms with Gasteiger partial charge in [-0.1, -0.05) is 30.3 Å². The van der Waals surface area contributed by atoms with Gasteiger partial charge in [0.2, 0.25) is 0 Å². The topological polar surface area (TPSA) is 55.8 Å². The maximum Gasteiger partial charge on any atom is 0.191 e. The predicted molar refractivity (Wildman–Crippen MR) is 137 cm³/mol. The van der Waals surface area contributed by atoms with E-state index in [0.29, 0.717) is 24.9 Å². The first-order valence-electron chi connectivity index (χ1n) is 10.7. The van der Waals surface area contributed by atoms with Crippen molar-refractivity contribution >= 4 is 35.8 Å². The van der Waals surface area contributed by atoms with Crippen molar-refractivity contribution in [3.63, 3.8) is 0 Å². The van der Waals surface area contributed by atoms with Crippen LogP contribution in [0.2, 0.25) is 0 Å². The molecule has 1 aromatic carbocycles. The third kappa shape index (κ3) is 7.60. The van der Waals surface area contributed by atoms with Gasteiger partial charge in [-0.3, -0.25) is 4.99 Å². The van der Waals surface area contributed by atoms with Crippen LogP contribution in [-0.2, 0) is 6.42 Å². The summed E-state index contributed by atoms with van der Waals surface area (Å²) in [5, 5.41) is 6.87. The molecule has 1 saturated heterocycles. The molecule has 2 atom stereocenters. The number of halogens is 2. The Labute approximate surface area is 202 Å². The monoisotopic (exact) mass is 540 g/mol. The van der Waals surface area contributed by atoms with Gasteiger partial charge in [-0.15, -0.1) is 24.0 Å². The van der Waals surface area contributed by atoms with Gasteiger partial charge in [0.1, 0.15) is 0 Å². The molecule has 3 rings (SSSR count). The number of anilines is 1. The summed E-state index contributed by atoms with van der Waals surface area (Å²) in [4.78, 5) is 13.3. The molecule has 31 heavy (non-hydrogen) atoms. The van der Waals surface area contributed by atoms with Crippen molar-refractivity contribution in [2.24, 2.45) is 4.99 Å². The molecule has 0 saturated carbocycles. The molecule has 1 fully saturated rings. The molecule has 0 amide bonds. The second kappa shape index (κ2) is 12.8. The molecule has 2 heterocycles. The van der Waals surface area contributed by atoms with Crippen molar-refractivity contribution in [2.75, 3.05) is 45.2 Å². The number of hydrogen-bond acceptors (Lipinski definition) is 4. The first-order chi connectivity index (χ1) is 14.6. The second-order valence-electron chi connectivity index (χ2n) is 7.91. The predicted octanol–water partition coefficient (Wildman–Crippen LogP) is 3.15. The number of likely N-dealkylation sites (N-methyl/N-ethyl adjacent to an activating group) is 1. The summed E-state index contributed by atoms with van der Waals surface area (Å²) in [5.41, 5.74) is 1.31. The zero-order valence-electron chi connectivity index (χ0n) is 18.6. The molecule has 1 aromatic heterocycles. The molecule has 0 bridgehead atoms. The first kappa shape index (κ1) is 25.3. The summed E-state index contributed by atoms with van der Waals surface area (Å²) in [6, 6.07) is 14.1. The largest absolute Gasteiger partial charge is 0.357 e. The lowest BCUT2D eigenvalue weighted by atomic mass is 10.1. The van der Waals surface area contributed by atoms with E-state index in [1.165, 1.54) is 11.6 Å². The average Bonchev–Trinajstić information content (AvgIpc) is 3.20. The van der Waals surface area contributed by atoms with Gasteiger partial charge in [-0.2, -0.15) is 0 Å². The van der Waals surface area contributed by atoms with Crippen molar-refractivity contribution in [2.45, 2.75) is 31.8 Å². The van der Waals surface area contributed by atoms with E-state index in [2.05, 4.69) is 65.8 Å². The number of nitrogens with one attached hydrogen (secondary N) is 2. The van der Waals surface area contributed by atoms with Gasteiger partial charge in [-0.05, 0) is 51.6 Å². The maximum atomic E-state index is 14.1. The standard InChI is InChI=1S/C23H33FN6.HI/c1-4-25-23(27-16-20(29(2)3)15-18-9-6-5-7-10-18)28-19-12-14-30(17-19)22-21(24)11-8-13-26-22;/h5-11,13,19-20H,4,12,14-17H2,1-3H3,(H2,25,27,28);1H. The van der Waals surface area contributed by atoms with Crippen LogP contribution < -0.4 is 15.5 Å². The Balaban J connectivity index is 0.00000341. The Bertz CT molecular complexity index is 817. The van der Waals surface area contributed by atoms with Crippen LogP contribution in [0.3, 0.4) is 0 Å². The molecule has 0 aliphatic carbocycles. The van der Waals surface area contributed by atoms with Gasteiger partial charge in [0, 0.05) is 37.9 Å². The fraction of sp³-hybridized carbons (Fsp3) is 0.478. The molecule has 8 heteroatoms. The smallest absolute Gasteiger partial charge is 0.191 e. The lowest BCUT2D eigenvalue weighted by Crippen LogP contribution is -2.45. The van der Waals surface area contributed by atoms with E-state index in [0.717, 1.165) is 31.9 Å². The second-order valence-corrected chi connectivity index (χ2v) is 7.91. The molecule has 0 spiro atoms. The Hall–Kier alpha value is -1.94. The summed E-state index contributed by atoms with van der Waals surface area (Å²) in [6.07, 6.45) is 3.51. The van der Waals surface area contributed by atoms with Crippen molar-refractivity contribution in [1.29, 1.82) is 0 Å². The zero-order valence-corrected chi connectivity index (χ0v) is 20.9. The van der Waals surface area contributed by atoms with Crippen LogP contribution in [0.1, 0.15) is 18.9 Å². The summed E-state index contributed by atoms with van der Waals surface area (Å²) in [5.74, 6) is 0.971. The van der Waals surface area contributed by atoms with Gasteiger partial charge in [0.05, 0.1) is 6.54 Å². The molecule has 170 valence electrons. The van der Waals surface area contributed by atoms with E-state index in [9.17, 15) is 4.39 Å². The fourth-order valence-corrected chi connectivity index (χ4v) is 3.69. The third-order valence-electron chi connectivity index (χ3n) is 5.42. The van der Waals surface area contributed by atoms with Crippen molar-refractivity contribution in [1.82, 2.24) is 20.5 Å². The normalized spacial score (nSPS) is 17.4. The summed E-state index contributed by atoms with van der Waals surface area (Å²) in [7, 11) is 4.19. The highest BCUT2D eigenvalue weighted by Gasteiger charge is 2.26. The molecular formula is C23H34FIN6. The Morgan fingerprint density at radius 2 is 2.03 bits per heavy atom. The third-order valence-corrected chi connectivity index (χ3v) is 5.42. The highest BCUT2D eigenvalue weighted by atomic mass is 127. The molecule has 0 radical (unpaired) electrons. The van der Waals surface area contributed by atoms with Gasteiger partial charge in [0.15, 0.2) is 17.6 Å². The Kier molecular flexibility index (Phi) is 10.5. The number of nitrogens with zero attached hydrogens (tertiary/aromatic N) is 4. The number of rotatable bonds is 8. The van der Waals surface area contributed by atoms with Gasteiger partial charge < -0.3 is 20.4 Å². The van der Waals surface area contributed by atoms with Crippen molar-refractivity contribution in [3.8, 4) is 0 Å². The summed E-state index contributed by atoms with van der Waals surface area (Å²) >= 11 is 0. The van der Waals surface area contributed by atoms with Gasteiger partial charge in [-0.25, -0.2) is 9.37 Å². The lowest BCUT2D eigenvalue weighted by Gasteiger charge is -2.24. The maximum absolute atomic E-state index is 14.1. The van der Waals surface area contributed by atoms with Gasteiger partial charge in [0.25, 0.3) is 0 Å². The molecule has 6 nitrogen and oxygen atoms in total. The minimum absolute atomic E-state index is 0. The lowest BCUT2D eigenvalue weighted by molar-refractivity contribution is 0.298. The number of benzene rings is 1. The van der Waals surface area contributed by atoms with Crippen molar-refractivity contribution in [3.05, 3.63) is 60.0 Å². The zero-order chi connectivity index (χ0) is 21.3. The van der Waals surface area contributed by atoms with Gasteiger partial charge >= 0.3 is 0 Å². The molecule has 2 unspecified atom stereocenters. The fourth-order valence-electron chi connectivity index (χ4n) is 3.69. The highest BCUT2D eigenvalue weighted by molar-refractivity contribution is 14.0. The number of guanidine groups is 1. The number of aromatic nitrogens is 1. The van der Waals surface area contributed by atoms with E-state index in [1.807, 2.05) is 11.0 Å². The molecule has 2 N–H and O–H groups in total. The minimum atomic E-state index is -0.270. The SMILES string of the molecule is CCNC(=NCC(Cc1ccccc1)N(C)C)NC1CCN(c2ncccc2F)C1.I. The van der Waals surface area contributed by atoms with Crippen LogP contribution in [0.15, 0.2) is 53.7 Å². The number of pyridine rings is 1. The minimum Gasteiger partial charge on any atom is -0.357 e. The van der Waals surface area contributed by atoms with Crippen LogP contribution in [0, 0.1) is 5.82 Å². The molecule has 1 aliphatic heterocycles. The summed E-state index contributed by atoms with van der Waals surface area (Å²) < 4.78 is 14.1. The van der Waals surface area contributed by atoms with E-state index >= 15 is 0 Å². The summed E-state index contributed by atoms with van der Waals surface area (Å²) in [6.45, 7) is 5.04. The average molecular weight is 540 g/mol.